The standard InChI is InChI=1S/C15H19N3S/c1-18(9-13-10-19-11-17-13)7-6-12-8-16-15-5-3-2-4-14(12)15/h2-5,10-12,16H,6-9H2,1H3. The molecule has 1 aliphatic heterocycles. The van der Waals surface area contributed by atoms with Crippen LogP contribution in [0.1, 0.15) is 23.6 Å². The maximum Gasteiger partial charge on any atom is 0.0795 e. The second kappa shape index (κ2) is 5.72. The summed E-state index contributed by atoms with van der Waals surface area (Å²) in [5.41, 5.74) is 5.87. The monoisotopic (exact) mass is 273 g/mol. The van der Waals surface area contributed by atoms with Crippen LogP contribution < -0.4 is 5.32 Å². The summed E-state index contributed by atoms with van der Waals surface area (Å²) in [5.74, 6) is 0.647. The minimum absolute atomic E-state index is 0.647. The van der Waals surface area contributed by atoms with Gasteiger partial charge in [0, 0.05) is 30.1 Å². The summed E-state index contributed by atoms with van der Waals surface area (Å²) in [5, 5.41) is 5.62. The van der Waals surface area contributed by atoms with E-state index >= 15 is 0 Å². The SMILES string of the molecule is CN(CCC1CNc2ccccc21)Cc1cscn1. The Kier molecular flexibility index (Phi) is 3.80. The number of thiazole rings is 1. The highest BCUT2D eigenvalue weighted by atomic mass is 32.1. The molecule has 1 aromatic heterocycles. The maximum atomic E-state index is 4.34. The number of rotatable bonds is 5. The Morgan fingerprint density at radius 2 is 2.32 bits per heavy atom. The largest absolute Gasteiger partial charge is 0.384 e. The van der Waals surface area contributed by atoms with Gasteiger partial charge in [0.25, 0.3) is 0 Å². The Hall–Kier alpha value is -1.39. The average Bonchev–Trinajstić information content (AvgIpc) is 3.05. The summed E-state index contributed by atoms with van der Waals surface area (Å²) in [4.78, 5) is 6.69. The zero-order valence-electron chi connectivity index (χ0n) is 11.2. The van der Waals surface area contributed by atoms with E-state index in [4.69, 9.17) is 0 Å². The van der Waals surface area contributed by atoms with Crippen molar-refractivity contribution in [3.63, 3.8) is 0 Å². The number of benzene rings is 1. The molecule has 3 nitrogen and oxygen atoms in total. The molecule has 2 heterocycles. The zero-order chi connectivity index (χ0) is 13.1. The van der Waals surface area contributed by atoms with Crippen LogP contribution in [0.2, 0.25) is 0 Å². The Morgan fingerprint density at radius 1 is 1.42 bits per heavy atom. The van der Waals surface area contributed by atoms with Crippen molar-refractivity contribution >= 4 is 17.0 Å². The molecular weight excluding hydrogens is 254 g/mol. The maximum absolute atomic E-state index is 4.34. The molecule has 2 aromatic rings. The molecule has 100 valence electrons. The quantitative estimate of drug-likeness (QED) is 0.907. The fourth-order valence-corrected chi connectivity index (χ4v) is 3.21. The summed E-state index contributed by atoms with van der Waals surface area (Å²) in [6, 6.07) is 8.66. The van der Waals surface area contributed by atoms with Crippen molar-refractivity contribution < 1.29 is 0 Å². The van der Waals surface area contributed by atoms with Gasteiger partial charge < -0.3 is 10.2 Å². The van der Waals surface area contributed by atoms with E-state index in [2.05, 4.69) is 51.9 Å². The van der Waals surface area contributed by atoms with E-state index < -0.39 is 0 Å². The summed E-state index contributed by atoms with van der Waals surface area (Å²) >= 11 is 1.67. The minimum Gasteiger partial charge on any atom is -0.384 e. The highest BCUT2D eigenvalue weighted by molar-refractivity contribution is 7.07. The van der Waals surface area contributed by atoms with Crippen molar-refractivity contribution in [3.05, 3.63) is 46.4 Å². The summed E-state index contributed by atoms with van der Waals surface area (Å²) in [6.45, 7) is 3.13. The molecule has 0 saturated heterocycles. The number of hydrogen-bond donors (Lipinski definition) is 1. The fraction of sp³-hybridized carbons (Fsp3) is 0.400. The van der Waals surface area contributed by atoms with E-state index in [9.17, 15) is 0 Å². The van der Waals surface area contributed by atoms with E-state index in [1.165, 1.54) is 23.4 Å². The number of para-hydroxylation sites is 1. The Labute approximate surface area is 118 Å². The fourth-order valence-electron chi connectivity index (χ4n) is 2.66. The summed E-state index contributed by atoms with van der Waals surface area (Å²) in [6.07, 6.45) is 1.20. The molecule has 0 amide bonds. The lowest BCUT2D eigenvalue weighted by molar-refractivity contribution is 0.310. The number of fused-ring (bicyclic) bond motifs is 1. The van der Waals surface area contributed by atoms with Gasteiger partial charge in [-0.05, 0) is 31.6 Å². The number of aromatic nitrogens is 1. The van der Waals surface area contributed by atoms with Crippen LogP contribution in [0.3, 0.4) is 0 Å². The first-order chi connectivity index (χ1) is 9.33. The molecule has 1 unspecified atom stereocenters. The van der Waals surface area contributed by atoms with Crippen LogP contribution in [0.15, 0.2) is 35.2 Å². The third kappa shape index (κ3) is 2.96. The van der Waals surface area contributed by atoms with Gasteiger partial charge in [-0.3, -0.25) is 0 Å². The number of anilines is 1. The minimum atomic E-state index is 0.647. The summed E-state index contributed by atoms with van der Waals surface area (Å²) in [7, 11) is 2.17. The molecule has 1 N–H and O–H groups in total. The number of hydrogen-bond acceptors (Lipinski definition) is 4. The Balaban J connectivity index is 1.53. The third-order valence-electron chi connectivity index (χ3n) is 3.71. The van der Waals surface area contributed by atoms with E-state index in [1.54, 1.807) is 11.3 Å². The predicted molar refractivity (Wildman–Crippen MR) is 80.7 cm³/mol. The third-order valence-corrected chi connectivity index (χ3v) is 4.35. The average molecular weight is 273 g/mol. The van der Waals surface area contributed by atoms with Gasteiger partial charge in [-0.2, -0.15) is 0 Å². The first-order valence-corrected chi connectivity index (χ1v) is 7.65. The molecule has 0 spiro atoms. The van der Waals surface area contributed by atoms with Crippen molar-refractivity contribution in [3.8, 4) is 0 Å². The Bertz CT molecular complexity index is 524. The molecule has 0 bridgehead atoms. The molecule has 3 rings (SSSR count). The van der Waals surface area contributed by atoms with Crippen LogP contribution in [0.5, 0.6) is 0 Å². The highest BCUT2D eigenvalue weighted by Crippen LogP contribution is 2.33. The van der Waals surface area contributed by atoms with Crippen LogP contribution in [0.4, 0.5) is 5.69 Å². The molecular formula is C15H19N3S. The van der Waals surface area contributed by atoms with Gasteiger partial charge in [0.1, 0.15) is 0 Å². The van der Waals surface area contributed by atoms with Crippen LogP contribution in [0, 0.1) is 0 Å². The van der Waals surface area contributed by atoms with Crippen LogP contribution in [-0.4, -0.2) is 30.0 Å². The smallest absolute Gasteiger partial charge is 0.0795 e. The lowest BCUT2D eigenvalue weighted by Gasteiger charge is -2.18. The van der Waals surface area contributed by atoms with Crippen LogP contribution >= 0.6 is 11.3 Å². The molecule has 0 saturated carbocycles. The molecule has 1 aliphatic rings. The second-order valence-corrected chi connectivity index (χ2v) is 5.89. The first-order valence-electron chi connectivity index (χ1n) is 6.71. The first kappa shape index (κ1) is 12.6. The topological polar surface area (TPSA) is 28.2 Å². The molecule has 0 fully saturated rings. The van der Waals surface area contributed by atoms with E-state index in [0.29, 0.717) is 5.92 Å². The molecule has 1 aromatic carbocycles. The highest BCUT2D eigenvalue weighted by Gasteiger charge is 2.21. The molecule has 0 radical (unpaired) electrons. The molecule has 0 aliphatic carbocycles. The molecule has 19 heavy (non-hydrogen) atoms. The van der Waals surface area contributed by atoms with Gasteiger partial charge in [0.05, 0.1) is 11.2 Å². The Morgan fingerprint density at radius 3 is 3.16 bits per heavy atom. The normalized spacial score (nSPS) is 17.5. The van der Waals surface area contributed by atoms with Gasteiger partial charge in [0.2, 0.25) is 0 Å². The van der Waals surface area contributed by atoms with Gasteiger partial charge in [0.15, 0.2) is 0 Å². The van der Waals surface area contributed by atoms with Crippen molar-refractivity contribution in [1.29, 1.82) is 0 Å². The lowest BCUT2D eigenvalue weighted by Crippen LogP contribution is -2.21. The van der Waals surface area contributed by atoms with E-state index in [0.717, 1.165) is 19.6 Å². The van der Waals surface area contributed by atoms with E-state index in [1.807, 2.05) is 5.51 Å². The zero-order valence-corrected chi connectivity index (χ0v) is 12.0. The number of nitrogens with one attached hydrogen (secondary N) is 1. The summed E-state index contributed by atoms with van der Waals surface area (Å²) < 4.78 is 0. The van der Waals surface area contributed by atoms with Gasteiger partial charge in [-0.15, -0.1) is 11.3 Å². The molecule has 1 atom stereocenters. The van der Waals surface area contributed by atoms with Crippen molar-refractivity contribution in [2.24, 2.45) is 0 Å². The van der Waals surface area contributed by atoms with E-state index in [-0.39, 0.29) is 0 Å². The van der Waals surface area contributed by atoms with Crippen LogP contribution in [0.25, 0.3) is 0 Å². The van der Waals surface area contributed by atoms with Gasteiger partial charge in [-0.1, -0.05) is 18.2 Å². The lowest BCUT2D eigenvalue weighted by atomic mass is 9.98. The van der Waals surface area contributed by atoms with Gasteiger partial charge >= 0.3 is 0 Å². The van der Waals surface area contributed by atoms with Crippen molar-refractivity contribution in [1.82, 2.24) is 9.88 Å². The predicted octanol–water partition coefficient (Wildman–Crippen LogP) is 3.17. The van der Waals surface area contributed by atoms with Crippen LogP contribution in [-0.2, 0) is 6.54 Å². The second-order valence-electron chi connectivity index (χ2n) is 5.17. The van der Waals surface area contributed by atoms with Crippen molar-refractivity contribution in [2.45, 2.75) is 18.9 Å². The number of nitrogens with zero attached hydrogens (tertiary/aromatic N) is 2. The van der Waals surface area contributed by atoms with Crippen molar-refractivity contribution in [2.75, 3.05) is 25.5 Å². The molecule has 4 heteroatoms. The van der Waals surface area contributed by atoms with Gasteiger partial charge in [-0.25, -0.2) is 4.98 Å².